The van der Waals surface area contributed by atoms with Crippen molar-refractivity contribution < 1.29 is 4.52 Å². The van der Waals surface area contributed by atoms with Gasteiger partial charge in [-0.1, -0.05) is 25.4 Å². The molecule has 0 aromatic carbocycles. The Morgan fingerprint density at radius 1 is 1.35 bits per heavy atom. The van der Waals surface area contributed by atoms with Crippen molar-refractivity contribution in [3.8, 4) is 0 Å². The van der Waals surface area contributed by atoms with E-state index in [0.717, 1.165) is 42.3 Å². The van der Waals surface area contributed by atoms with Crippen LogP contribution in [0, 0.1) is 6.92 Å². The van der Waals surface area contributed by atoms with E-state index in [4.69, 9.17) is 4.52 Å². The van der Waals surface area contributed by atoms with Gasteiger partial charge in [0.05, 0.1) is 17.1 Å². The Hall–Kier alpha value is -1.27. The fraction of sp³-hybridized carbons (Fsp3) is 0.643. The minimum Gasteiger partial charge on any atom is -0.339 e. The Morgan fingerprint density at radius 2 is 2.20 bits per heavy atom. The number of hydrogen-bond donors (Lipinski definition) is 1. The summed E-state index contributed by atoms with van der Waals surface area (Å²) in [5, 5.41) is 10.6. The van der Waals surface area contributed by atoms with Gasteiger partial charge in [0.25, 0.3) is 0 Å². The molecule has 0 saturated heterocycles. The number of rotatable bonds is 8. The largest absolute Gasteiger partial charge is 0.339 e. The molecule has 0 spiro atoms. The van der Waals surface area contributed by atoms with Gasteiger partial charge in [-0.3, -0.25) is 0 Å². The molecule has 1 unspecified atom stereocenters. The molecule has 0 aliphatic rings. The van der Waals surface area contributed by atoms with Gasteiger partial charge in [0.2, 0.25) is 5.89 Å². The summed E-state index contributed by atoms with van der Waals surface area (Å²) < 4.78 is 5.34. The highest BCUT2D eigenvalue weighted by atomic mass is 32.1. The fourth-order valence-corrected chi connectivity index (χ4v) is 2.83. The van der Waals surface area contributed by atoms with Gasteiger partial charge >= 0.3 is 0 Å². The monoisotopic (exact) mass is 294 g/mol. The van der Waals surface area contributed by atoms with E-state index in [-0.39, 0.29) is 0 Å². The first-order chi connectivity index (χ1) is 9.71. The second-order valence-electron chi connectivity index (χ2n) is 4.89. The molecule has 0 aliphatic heterocycles. The molecule has 110 valence electrons. The third-order valence-corrected chi connectivity index (χ3v) is 3.89. The maximum Gasteiger partial charge on any atom is 0.228 e. The lowest BCUT2D eigenvalue weighted by Gasteiger charge is -2.14. The van der Waals surface area contributed by atoms with Gasteiger partial charge in [0, 0.05) is 17.8 Å². The third kappa shape index (κ3) is 4.38. The Bertz CT molecular complexity index is 517. The molecule has 5 nitrogen and oxygen atoms in total. The first-order valence-corrected chi connectivity index (χ1v) is 8.05. The zero-order valence-corrected chi connectivity index (χ0v) is 13.2. The predicted octanol–water partition coefficient (Wildman–Crippen LogP) is 2.75. The highest BCUT2D eigenvalue weighted by Gasteiger charge is 2.14. The molecular formula is C14H22N4OS. The van der Waals surface area contributed by atoms with Gasteiger partial charge in [-0.25, -0.2) is 4.98 Å². The van der Waals surface area contributed by atoms with Gasteiger partial charge in [-0.15, -0.1) is 11.3 Å². The smallest absolute Gasteiger partial charge is 0.228 e. The number of aromatic nitrogens is 3. The van der Waals surface area contributed by atoms with Crippen molar-refractivity contribution >= 4 is 11.3 Å². The summed E-state index contributed by atoms with van der Waals surface area (Å²) in [7, 11) is 0. The zero-order valence-electron chi connectivity index (χ0n) is 12.3. The van der Waals surface area contributed by atoms with Crippen molar-refractivity contribution in [1.29, 1.82) is 0 Å². The molecule has 0 amide bonds. The summed E-state index contributed by atoms with van der Waals surface area (Å²) in [6, 6.07) is 0.416. The molecule has 0 bridgehead atoms. The van der Waals surface area contributed by atoms with Crippen LogP contribution in [-0.4, -0.2) is 27.7 Å². The van der Waals surface area contributed by atoms with Crippen molar-refractivity contribution in [3.63, 3.8) is 0 Å². The molecule has 0 saturated carbocycles. The van der Waals surface area contributed by atoms with Crippen LogP contribution in [0.1, 0.15) is 49.1 Å². The second kappa shape index (κ2) is 7.50. The standard InChI is InChI=1S/C14H22N4OS/c1-4-6-11(15-5-2)8-14-17-13(18-19-14)7-12-9-20-10(3)16-12/h9,11,15H,4-8H2,1-3H3. The van der Waals surface area contributed by atoms with Crippen LogP contribution in [0.2, 0.25) is 0 Å². The molecule has 20 heavy (non-hydrogen) atoms. The minimum absolute atomic E-state index is 0.416. The van der Waals surface area contributed by atoms with Gasteiger partial charge in [0.1, 0.15) is 0 Å². The van der Waals surface area contributed by atoms with Crippen molar-refractivity contribution in [2.45, 2.75) is 52.5 Å². The van der Waals surface area contributed by atoms with Crippen LogP contribution in [0.25, 0.3) is 0 Å². The molecule has 6 heteroatoms. The van der Waals surface area contributed by atoms with Crippen LogP contribution >= 0.6 is 11.3 Å². The number of likely N-dealkylation sites (N-methyl/N-ethyl adjacent to an activating group) is 1. The van der Waals surface area contributed by atoms with Crippen LogP contribution in [0.15, 0.2) is 9.90 Å². The van der Waals surface area contributed by atoms with Crippen LogP contribution < -0.4 is 5.32 Å². The Morgan fingerprint density at radius 3 is 2.85 bits per heavy atom. The summed E-state index contributed by atoms with van der Waals surface area (Å²) in [5.41, 5.74) is 1.01. The van der Waals surface area contributed by atoms with E-state index >= 15 is 0 Å². The lowest BCUT2D eigenvalue weighted by molar-refractivity contribution is 0.349. The van der Waals surface area contributed by atoms with E-state index in [1.165, 1.54) is 0 Å². The number of nitrogens with one attached hydrogen (secondary N) is 1. The molecule has 2 rings (SSSR count). The molecule has 0 radical (unpaired) electrons. The maximum absolute atomic E-state index is 5.34. The first kappa shape index (κ1) is 15.1. The molecular weight excluding hydrogens is 272 g/mol. The van der Waals surface area contributed by atoms with Crippen molar-refractivity contribution in [2.75, 3.05) is 6.54 Å². The molecule has 0 fully saturated rings. The second-order valence-corrected chi connectivity index (χ2v) is 5.95. The van der Waals surface area contributed by atoms with Gasteiger partial charge < -0.3 is 9.84 Å². The van der Waals surface area contributed by atoms with Crippen molar-refractivity contribution in [2.24, 2.45) is 0 Å². The normalized spacial score (nSPS) is 12.8. The van der Waals surface area contributed by atoms with Crippen LogP contribution in [0.5, 0.6) is 0 Å². The fourth-order valence-electron chi connectivity index (χ4n) is 2.22. The number of hydrogen-bond acceptors (Lipinski definition) is 6. The summed E-state index contributed by atoms with van der Waals surface area (Å²) in [6.07, 6.45) is 3.71. The Balaban J connectivity index is 1.94. The van der Waals surface area contributed by atoms with Crippen molar-refractivity contribution in [3.05, 3.63) is 27.8 Å². The topological polar surface area (TPSA) is 63.8 Å². The highest BCUT2D eigenvalue weighted by molar-refractivity contribution is 7.09. The predicted molar refractivity (Wildman–Crippen MR) is 80.0 cm³/mol. The summed E-state index contributed by atoms with van der Waals surface area (Å²) in [5.74, 6) is 1.43. The molecule has 1 N–H and O–H groups in total. The Labute approximate surface area is 123 Å². The maximum atomic E-state index is 5.34. The van der Waals surface area contributed by atoms with Gasteiger partial charge in [-0.05, 0) is 19.9 Å². The van der Waals surface area contributed by atoms with Crippen molar-refractivity contribution in [1.82, 2.24) is 20.4 Å². The third-order valence-electron chi connectivity index (χ3n) is 3.07. The quantitative estimate of drug-likeness (QED) is 0.811. The number of aryl methyl sites for hydroxylation is 1. The summed E-state index contributed by atoms with van der Waals surface area (Å²) in [6.45, 7) is 7.27. The van der Waals surface area contributed by atoms with Gasteiger partial charge in [0.15, 0.2) is 5.82 Å². The minimum atomic E-state index is 0.416. The van der Waals surface area contributed by atoms with Crippen LogP contribution in [0.4, 0.5) is 0 Å². The number of thiazole rings is 1. The van der Waals surface area contributed by atoms with Gasteiger partial charge in [-0.2, -0.15) is 4.98 Å². The average Bonchev–Trinajstić information content (AvgIpc) is 3.00. The first-order valence-electron chi connectivity index (χ1n) is 7.17. The molecule has 1 atom stereocenters. The van der Waals surface area contributed by atoms with E-state index in [1.54, 1.807) is 11.3 Å². The van der Waals surface area contributed by atoms with Crippen LogP contribution in [0.3, 0.4) is 0 Å². The van der Waals surface area contributed by atoms with E-state index in [9.17, 15) is 0 Å². The van der Waals surface area contributed by atoms with E-state index in [1.807, 2.05) is 12.3 Å². The van der Waals surface area contributed by atoms with Crippen LogP contribution in [-0.2, 0) is 12.8 Å². The van der Waals surface area contributed by atoms with E-state index in [2.05, 4.69) is 34.3 Å². The zero-order chi connectivity index (χ0) is 14.4. The highest BCUT2D eigenvalue weighted by Crippen LogP contribution is 2.12. The molecule has 2 heterocycles. The lowest BCUT2D eigenvalue weighted by Crippen LogP contribution is -2.30. The van der Waals surface area contributed by atoms with E-state index in [0.29, 0.717) is 18.4 Å². The molecule has 0 aliphatic carbocycles. The Kier molecular flexibility index (Phi) is 5.67. The summed E-state index contributed by atoms with van der Waals surface area (Å²) in [4.78, 5) is 8.89. The molecule has 2 aromatic heterocycles. The SMILES string of the molecule is CCCC(Cc1nc(Cc2csc(C)n2)no1)NCC. The summed E-state index contributed by atoms with van der Waals surface area (Å²) >= 11 is 1.65. The molecule has 2 aromatic rings. The lowest BCUT2D eigenvalue weighted by atomic mass is 10.1. The number of nitrogens with zero attached hydrogens (tertiary/aromatic N) is 3. The van der Waals surface area contributed by atoms with E-state index < -0.39 is 0 Å². The average molecular weight is 294 g/mol.